The van der Waals surface area contributed by atoms with Crippen LogP contribution in [0.2, 0.25) is 0 Å². The molecule has 1 amide bonds. The van der Waals surface area contributed by atoms with Gasteiger partial charge in [-0.05, 0) is 68.3 Å². The molecule has 40 heavy (non-hydrogen) atoms. The highest BCUT2D eigenvalue weighted by atomic mass is 16.5. The van der Waals surface area contributed by atoms with Gasteiger partial charge < -0.3 is 14.4 Å². The predicted octanol–water partition coefficient (Wildman–Crippen LogP) is 5.80. The fourth-order valence-corrected chi connectivity index (χ4v) is 6.97. The number of nitrogens with zero attached hydrogens (tertiary/aromatic N) is 2. The van der Waals surface area contributed by atoms with Crippen molar-refractivity contribution in [2.24, 2.45) is 5.92 Å². The Hall–Kier alpha value is -2.96. The highest BCUT2D eigenvalue weighted by Gasteiger charge is 2.53. The first-order valence-corrected chi connectivity index (χ1v) is 14.8. The van der Waals surface area contributed by atoms with E-state index in [1.165, 1.54) is 18.1 Å². The maximum Gasteiger partial charge on any atom is 0.308 e. The van der Waals surface area contributed by atoms with Crippen molar-refractivity contribution in [3.8, 4) is 5.75 Å². The molecular weight excluding hydrogens is 500 g/mol. The number of esters is 1. The van der Waals surface area contributed by atoms with Gasteiger partial charge in [-0.2, -0.15) is 0 Å². The van der Waals surface area contributed by atoms with Gasteiger partial charge in [0.05, 0.1) is 6.10 Å². The van der Waals surface area contributed by atoms with Gasteiger partial charge in [-0.3, -0.25) is 14.5 Å². The van der Waals surface area contributed by atoms with Gasteiger partial charge in [0.15, 0.2) is 0 Å². The van der Waals surface area contributed by atoms with E-state index in [0.29, 0.717) is 12.2 Å². The van der Waals surface area contributed by atoms with Crippen LogP contribution in [0.3, 0.4) is 0 Å². The quantitative estimate of drug-likeness (QED) is 0.146. The van der Waals surface area contributed by atoms with Crippen LogP contribution in [0.15, 0.2) is 67.3 Å². The van der Waals surface area contributed by atoms with Crippen molar-refractivity contribution < 1.29 is 19.1 Å². The molecule has 0 radical (unpaired) electrons. The van der Waals surface area contributed by atoms with Crippen LogP contribution >= 0.6 is 0 Å². The molecule has 1 heterocycles. The number of amides is 1. The van der Waals surface area contributed by atoms with Crippen molar-refractivity contribution in [2.75, 3.05) is 33.8 Å². The molecule has 4 atom stereocenters. The SMILES string of the molecule is C=CCN1CCC2(c3cccc(OC(C)=O)c3)CC(N(C)C(=O)CCCCCc3ccccc3)CC(OC)C2C1. The third kappa shape index (κ3) is 7.21. The van der Waals surface area contributed by atoms with Crippen LogP contribution in [0.1, 0.15) is 63.0 Å². The standard InChI is InChI=1S/C34H46N2O4/c1-5-20-36-21-19-34(28-16-12-17-30(22-28)40-26(2)37)24-29(23-32(39-4)31(34)25-36)35(3)33(38)18-11-7-10-15-27-13-8-6-9-14-27/h5-6,8-9,12-14,16-17,22,29,31-32H,1,7,10-11,15,18-21,23-25H2,2-4H3. The van der Waals surface area contributed by atoms with Crippen LogP contribution in [0.4, 0.5) is 0 Å². The van der Waals surface area contributed by atoms with E-state index in [1.54, 1.807) is 7.11 Å². The number of piperidine rings is 1. The molecule has 6 heteroatoms. The normalized spacial score (nSPS) is 24.6. The van der Waals surface area contributed by atoms with E-state index in [2.05, 4.69) is 41.8 Å². The summed E-state index contributed by atoms with van der Waals surface area (Å²) >= 11 is 0. The summed E-state index contributed by atoms with van der Waals surface area (Å²) in [5.41, 5.74) is 2.35. The van der Waals surface area contributed by atoms with Crippen molar-refractivity contribution in [1.29, 1.82) is 0 Å². The number of carbonyl (C=O) groups is 2. The van der Waals surface area contributed by atoms with E-state index in [0.717, 1.165) is 64.6 Å². The average Bonchev–Trinajstić information content (AvgIpc) is 2.96. The fraction of sp³-hybridized carbons (Fsp3) is 0.529. The minimum absolute atomic E-state index is 0.0184. The van der Waals surface area contributed by atoms with E-state index >= 15 is 0 Å². The summed E-state index contributed by atoms with van der Waals surface area (Å²) in [5, 5.41) is 0. The van der Waals surface area contributed by atoms with E-state index in [4.69, 9.17) is 9.47 Å². The van der Waals surface area contributed by atoms with Crippen LogP contribution in [0.25, 0.3) is 0 Å². The first-order valence-electron chi connectivity index (χ1n) is 14.8. The number of hydrogen-bond acceptors (Lipinski definition) is 5. The second-order valence-electron chi connectivity index (χ2n) is 11.6. The summed E-state index contributed by atoms with van der Waals surface area (Å²) in [6.07, 6.45) is 9.32. The first kappa shape index (κ1) is 30.0. The van der Waals surface area contributed by atoms with Gasteiger partial charge in [0.2, 0.25) is 5.91 Å². The smallest absolute Gasteiger partial charge is 0.308 e. The third-order valence-corrected chi connectivity index (χ3v) is 9.09. The topological polar surface area (TPSA) is 59.1 Å². The Morgan fingerprint density at radius 3 is 2.65 bits per heavy atom. The maximum absolute atomic E-state index is 13.4. The molecule has 2 aromatic rings. The van der Waals surface area contributed by atoms with Crippen LogP contribution in [-0.2, 0) is 26.2 Å². The molecule has 0 aromatic heterocycles. The van der Waals surface area contributed by atoms with E-state index in [-0.39, 0.29) is 35.4 Å². The highest BCUT2D eigenvalue weighted by Crippen LogP contribution is 2.51. The van der Waals surface area contributed by atoms with Gasteiger partial charge in [-0.15, -0.1) is 6.58 Å². The molecule has 4 rings (SSSR count). The molecule has 1 aliphatic carbocycles. The van der Waals surface area contributed by atoms with E-state index < -0.39 is 0 Å². The van der Waals surface area contributed by atoms with Crippen molar-refractivity contribution >= 4 is 11.9 Å². The Morgan fingerprint density at radius 1 is 1.12 bits per heavy atom. The number of rotatable bonds is 12. The zero-order valence-corrected chi connectivity index (χ0v) is 24.5. The summed E-state index contributed by atoms with van der Waals surface area (Å²) in [4.78, 5) is 29.5. The average molecular weight is 547 g/mol. The molecule has 2 aromatic carbocycles. The van der Waals surface area contributed by atoms with Crippen molar-refractivity contribution in [1.82, 2.24) is 9.80 Å². The Kier molecular flexibility index (Phi) is 10.6. The van der Waals surface area contributed by atoms with Crippen molar-refractivity contribution in [2.45, 2.75) is 75.9 Å². The molecule has 0 spiro atoms. The number of ether oxygens (including phenoxy) is 2. The summed E-state index contributed by atoms with van der Waals surface area (Å²) < 4.78 is 11.6. The molecular formula is C34H46N2O4. The second kappa shape index (κ2) is 14.1. The Bertz CT molecular complexity index is 1140. The number of unbranched alkanes of at least 4 members (excludes halogenated alkanes) is 2. The van der Waals surface area contributed by atoms with Gasteiger partial charge in [0.25, 0.3) is 0 Å². The molecule has 6 nitrogen and oxygen atoms in total. The second-order valence-corrected chi connectivity index (χ2v) is 11.6. The van der Waals surface area contributed by atoms with Gasteiger partial charge in [-0.25, -0.2) is 0 Å². The minimum atomic E-state index is -0.322. The van der Waals surface area contributed by atoms with Gasteiger partial charge in [0.1, 0.15) is 5.75 Å². The van der Waals surface area contributed by atoms with Crippen LogP contribution in [0, 0.1) is 5.92 Å². The fourth-order valence-electron chi connectivity index (χ4n) is 6.97. The maximum atomic E-state index is 13.4. The molecule has 0 N–H and O–H groups in total. The van der Waals surface area contributed by atoms with Crippen LogP contribution in [0.5, 0.6) is 5.75 Å². The third-order valence-electron chi connectivity index (χ3n) is 9.09. The lowest BCUT2D eigenvalue weighted by Gasteiger charge is -2.56. The number of carbonyl (C=O) groups excluding carboxylic acids is 2. The lowest BCUT2D eigenvalue weighted by Crippen LogP contribution is -2.61. The lowest BCUT2D eigenvalue weighted by molar-refractivity contribution is -0.138. The molecule has 1 saturated heterocycles. The molecule has 216 valence electrons. The van der Waals surface area contributed by atoms with Crippen LogP contribution < -0.4 is 4.74 Å². The summed E-state index contributed by atoms with van der Waals surface area (Å²) in [6.45, 7) is 8.09. The van der Waals surface area contributed by atoms with Crippen molar-refractivity contribution in [3.63, 3.8) is 0 Å². The predicted molar refractivity (Wildman–Crippen MR) is 159 cm³/mol. The highest BCUT2D eigenvalue weighted by molar-refractivity contribution is 5.76. The number of fused-ring (bicyclic) bond motifs is 1. The summed E-state index contributed by atoms with van der Waals surface area (Å²) in [7, 11) is 3.77. The number of benzene rings is 2. The molecule has 0 bridgehead atoms. The Morgan fingerprint density at radius 2 is 1.93 bits per heavy atom. The van der Waals surface area contributed by atoms with Crippen molar-refractivity contribution in [3.05, 3.63) is 78.4 Å². The number of methoxy groups -OCH3 is 1. The lowest BCUT2D eigenvalue weighted by atomic mass is 9.56. The molecule has 1 aliphatic heterocycles. The molecule has 2 aliphatic rings. The summed E-state index contributed by atoms with van der Waals surface area (Å²) in [5.74, 6) is 0.725. The number of likely N-dealkylation sites (tertiary alicyclic amines) is 1. The van der Waals surface area contributed by atoms with E-state index in [1.807, 2.05) is 42.3 Å². The first-order chi connectivity index (χ1) is 19.4. The monoisotopic (exact) mass is 546 g/mol. The molecule has 2 fully saturated rings. The summed E-state index contributed by atoms with van der Waals surface area (Å²) in [6, 6.07) is 18.6. The van der Waals surface area contributed by atoms with Gasteiger partial charge >= 0.3 is 5.97 Å². The zero-order valence-electron chi connectivity index (χ0n) is 24.5. The van der Waals surface area contributed by atoms with E-state index in [9.17, 15) is 9.59 Å². The van der Waals surface area contributed by atoms with Crippen LogP contribution in [-0.4, -0.2) is 67.6 Å². The number of aryl methyl sites for hydroxylation is 1. The minimum Gasteiger partial charge on any atom is -0.427 e. The largest absolute Gasteiger partial charge is 0.427 e. The Balaban J connectivity index is 1.48. The number of hydrogen-bond donors (Lipinski definition) is 0. The molecule has 1 saturated carbocycles. The van der Waals surface area contributed by atoms with Gasteiger partial charge in [-0.1, -0.05) is 55.0 Å². The Labute approximate surface area is 240 Å². The van der Waals surface area contributed by atoms with Gasteiger partial charge in [0, 0.05) is 58.0 Å². The zero-order chi connectivity index (χ0) is 28.5. The molecule has 4 unspecified atom stereocenters.